The van der Waals surface area contributed by atoms with E-state index < -0.39 is 0 Å². The van der Waals surface area contributed by atoms with Crippen LogP contribution in [0.25, 0.3) is 6.08 Å². The third-order valence-electron chi connectivity index (χ3n) is 5.15. The highest BCUT2D eigenvalue weighted by Crippen LogP contribution is 2.27. The molecule has 1 heterocycles. The second-order valence-electron chi connectivity index (χ2n) is 7.24. The molecular formula is C24H27BrN2O3. The van der Waals surface area contributed by atoms with E-state index in [1.165, 1.54) is 6.08 Å². The van der Waals surface area contributed by atoms with E-state index in [0.29, 0.717) is 12.2 Å². The van der Waals surface area contributed by atoms with E-state index in [1.54, 1.807) is 6.08 Å². The smallest absolute Gasteiger partial charge is 0.260 e. The largest absolute Gasteiger partial charge is 0.483 e. The van der Waals surface area contributed by atoms with Gasteiger partial charge in [0.2, 0.25) is 5.91 Å². The number of amides is 2. The zero-order chi connectivity index (χ0) is 21.3. The number of nitrogens with zero attached hydrogens (tertiary/aromatic N) is 1. The van der Waals surface area contributed by atoms with Gasteiger partial charge in [0.15, 0.2) is 6.61 Å². The SMILES string of the molecule is CCC(NC(=O)/C=C/c1ccccc1Br)c1ccccc1OCC(=O)N1CCCC1. The topological polar surface area (TPSA) is 58.6 Å². The lowest BCUT2D eigenvalue weighted by molar-refractivity contribution is -0.132. The number of benzene rings is 2. The summed E-state index contributed by atoms with van der Waals surface area (Å²) in [6.07, 6.45) is 6.13. The molecule has 0 saturated carbocycles. The van der Waals surface area contributed by atoms with Crippen LogP contribution >= 0.6 is 15.9 Å². The van der Waals surface area contributed by atoms with Crippen LogP contribution in [0.3, 0.4) is 0 Å². The van der Waals surface area contributed by atoms with Gasteiger partial charge in [-0.25, -0.2) is 0 Å². The molecule has 2 amide bonds. The lowest BCUT2D eigenvalue weighted by Crippen LogP contribution is -2.32. The highest BCUT2D eigenvalue weighted by molar-refractivity contribution is 9.10. The standard InChI is InChI=1S/C24H27BrN2O3/c1-2-21(26-23(28)14-13-18-9-3-5-11-20(18)25)19-10-4-6-12-22(19)30-17-24(29)27-15-7-8-16-27/h3-6,9-14,21H,2,7-8,15-17H2,1H3,(H,26,28)/b14-13+. The van der Waals surface area contributed by atoms with Gasteiger partial charge in [0.1, 0.15) is 5.75 Å². The molecule has 3 rings (SSSR count). The summed E-state index contributed by atoms with van der Waals surface area (Å²) in [5, 5.41) is 3.04. The molecule has 0 radical (unpaired) electrons. The van der Waals surface area contributed by atoms with Crippen molar-refractivity contribution in [2.75, 3.05) is 19.7 Å². The molecule has 0 aliphatic carbocycles. The molecule has 1 atom stereocenters. The van der Waals surface area contributed by atoms with Gasteiger partial charge >= 0.3 is 0 Å². The van der Waals surface area contributed by atoms with Gasteiger partial charge in [-0.15, -0.1) is 0 Å². The third kappa shape index (κ3) is 5.95. The molecule has 0 spiro atoms. The van der Waals surface area contributed by atoms with Gasteiger partial charge in [0.25, 0.3) is 5.91 Å². The minimum Gasteiger partial charge on any atom is -0.483 e. The van der Waals surface area contributed by atoms with Crippen LogP contribution in [0.15, 0.2) is 59.1 Å². The number of nitrogens with one attached hydrogen (secondary N) is 1. The van der Waals surface area contributed by atoms with Gasteiger partial charge in [0.05, 0.1) is 6.04 Å². The van der Waals surface area contributed by atoms with Crippen LogP contribution in [-0.4, -0.2) is 36.4 Å². The summed E-state index contributed by atoms with van der Waals surface area (Å²) < 4.78 is 6.79. The van der Waals surface area contributed by atoms with E-state index in [4.69, 9.17) is 4.74 Å². The van der Waals surface area contributed by atoms with Crippen molar-refractivity contribution < 1.29 is 14.3 Å². The highest BCUT2D eigenvalue weighted by Gasteiger charge is 2.20. The molecule has 2 aromatic rings. The van der Waals surface area contributed by atoms with Gasteiger partial charge in [-0.3, -0.25) is 9.59 Å². The van der Waals surface area contributed by atoms with Crippen LogP contribution in [0.4, 0.5) is 0 Å². The molecule has 1 saturated heterocycles. The summed E-state index contributed by atoms with van der Waals surface area (Å²) in [5.74, 6) is 0.461. The van der Waals surface area contributed by atoms with Crippen molar-refractivity contribution in [2.24, 2.45) is 0 Å². The quantitative estimate of drug-likeness (QED) is 0.567. The first-order chi connectivity index (χ1) is 14.6. The number of hydrogen-bond donors (Lipinski definition) is 1. The Labute approximate surface area is 186 Å². The van der Waals surface area contributed by atoms with Gasteiger partial charge in [-0.05, 0) is 43.0 Å². The summed E-state index contributed by atoms with van der Waals surface area (Å²) in [7, 11) is 0. The molecule has 1 unspecified atom stereocenters. The van der Waals surface area contributed by atoms with E-state index in [9.17, 15) is 9.59 Å². The van der Waals surface area contributed by atoms with E-state index >= 15 is 0 Å². The van der Waals surface area contributed by atoms with E-state index in [1.807, 2.05) is 60.4 Å². The summed E-state index contributed by atoms with van der Waals surface area (Å²) in [6.45, 7) is 3.64. The number of ether oxygens (including phenoxy) is 1. The van der Waals surface area contributed by atoms with Gasteiger partial charge in [-0.2, -0.15) is 0 Å². The van der Waals surface area contributed by atoms with Crippen molar-refractivity contribution in [3.8, 4) is 5.75 Å². The Morgan fingerprint density at radius 3 is 2.57 bits per heavy atom. The van der Waals surface area contributed by atoms with Gasteiger partial charge in [0, 0.05) is 29.2 Å². The van der Waals surface area contributed by atoms with Crippen LogP contribution in [0, 0.1) is 0 Å². The van der Waals surface area contributed by atoms with Gasteiger partial charge in [-0.1, -0.05) is 59.3 Å². The molecule has 6 heteroatoms. The van der Waals surface area contributed by atoms with Crippen LogP contribution in [0.5, 0.6) is 5.75 Å². The first-order valence-electron chi connectivity index (χ1n) is 10.3. The maximum atomic E-state index is 12.5. The lowest BCUT2D eigenvalue weighted by Gasteiger charge is -2.21. The molecule has 1 aliphatic heterocycles. The fourth-order valence-electron chi connectivity index (χ4n) is 3.49. The van der Waals surface area contributed by atoms with Gasteiger partial charge < -0.3 is 15.0 Å². The Hall–Kier alpha value is -2.60. The maximum absolute atomic E-state index is 12.5. The lowest BCUT2D eigenvalue weighted by atomic mass is 10.0. The fraction of sp³-hybridized carbons (Fsp3) is 0.333. The molecule has 1 N–H and O–H groups in total. The molecule has 1 fully saturated rings. The number of hydrogen-bond acceptors (Lipinski definition) is 3. The average molecular weight is 471 g/mol. The van der Waals surface area contributed by atoms with Crippen LogP contribution < -0.4 is 10.1 Å². The predicted molar refractivity (Wildman–Crippen MR) is 122 cm³/mol. The Morgan fingerprint density at radius 2 is 1.83 bits per heavy atom. The fourth-order valence-corrected chi connectivity index (χ4v) is 3.91. The van der Waals surface area contributed by atoms with E-state index in [2.05, 4.69) is 21.2 Å². The summed E-state index contributed by atoms with van der Waals surface area (Å²) in [5.41, 5.74) is 1.81. The van der Waals surface area contributed by atoms with E-state index in [-0.39, 0.29) is 24.5 Å². The molecular weight excluding hydrogens is 444 g/mol. The van der Waals surface area contributed by atoms with Crippen molar-refractivity contribution in [1.82, 2.24) is 10.2 Å². The van der Waals surface area contributed by atoms with Crippen molar-refractivity contribution in [2.45, 2.75) is 32.2 Å². The van der Waals surface area contributed by atoms with Crippen molar-refractivity contribution in [3.63, 3.8) is 0 Å². The number of carbonyl (C=O) groups excluding carboxylic acids is 2. The highest BCUT2D eigenvalue weighted by atomic mass is 79.9. The average Bonchev–Trinajstić information content (AvgIpc) is 3.31. The number of carbonyl (C=O) groups is 2. The second-order valence-corrected chi connectivity index (χ2v) is 8.09. The summed E-state index contributed by atoms with van der Waals surface area (Å²) in [4.78, 5) is 26.7. The van der Waals surface area contributed by atoms with Crippen molar-refractivity contribution in [3.05, 3.63) is 70.2 Å². The van der Waals surface area contributed by atoms with E-state index in [0.717, 1.165) is 41.5 Å². The first kappa shape index (κ1) is 22.1. The Kier molecular flexibility index (Phi) is 8.08. The molecule has 2 aromatic carbocycles. The summed E-state index contributed by atoms with van der Waals surface area (Å²) in [6, 6.07) is 15.1. The molecule has 0 bridgehead atoms. The zero-order valence-electron chi connectivity index (χ0n) is 17.1. The number of para-hydroxylation sites is 1. The number of likely N-dealkylation sites (tertiary alicyclic amines) is 1. The molecule has 30 heavy (non-hydrogen) atoms. The monoisotopic (exact) mass is 470 g/mol. The van der Waals surface area contributed by atoms with Crippen LogP contribution in [0.1, 0.15) is 43.4 Å². The van der Waals surface area contributed by atoms with Crippen LogP contribution in [0.2, 0.25) is 0 Å². The molecule has 1 aliphatic rings. The predicted octanol–water partition coefficient (Wildman–Crippen LogP) is 4.73. The minimum atomic E-state index is -0.209. The number of halogens is 1. The van der Waals surface area contributed by atoms with Crippen molar-refractivity contribution >= 4 is 33.8 Å². The molecule has 0 aromatic heterocycles. The van der Waals surface area contributed by atoms with Crippen molar-refractivity contribution in [1.29, 1.82) is 0 Å². The molecule has 5 nitrogen and oxygen atoms in total. The van der Waals surface area contributed by atoms with Crippen LogP contribution in [-0.2, 0) is 9.59 Å². The molecule has 158 valence electrons. The second kappa shape index (κ2) is 11.0. The Bertz CT molecular complexity index is 907. The summed E-state index contributed by atoms with van der Waals surface area (Å²) >= 11 is 3.48. The Balaban J connectivity index is 1.65. The normalized spacial score (nSPS) is 14.7. The first-order valence-corrected chi connectivity index (χ1v) is 11.1. The third-order valence-corrected chi connectivity index (χ3v) is 5.87. The zero-order valence-corrected chi connectivity index (χ0v) is 18.7. The maximum Gasteiger partial charge on any atom is 0.260 e. The Morgan fingerprint density at radius 1 is 1.13 bits per heavy atom. The number of rotatable bonds is 8. The minimum absolute atomic E-state index is 0.00996.